The van der Waals surface area contributed by atoms with Gasteiger partial charge in [-0.3, -0.25) is 10.1 Å². The normalized spacial score (nSPS) is 14.2. The number of esters is 1. The topological polar surface area (TPSA) is 55.4 Å². The lowest BCUT2D eigenvalue weighted by molar-refractivity contribution is -0.138. The van der Waals surface area contributed by atoms with E-state index in [1.165, 1.54) is 18.2 Å². The Labute approximate surface area is 97.8 Å². The fourth-order valence-electron chi connectivity index (χ4n) is 1.40. The molecule has 1 aromatic rings. The zero-order valence-corrected chi connectivity index (χ0v) is 9.33. The molecule has 90 valence electrons. The maximum Gasteiger partial charge on any atom is 0.419 e. The summed E-state index contributed by atoms with van der Waals surface area (Å²) in [5, 5.41) is 2.40. The van der Waals surface area contributed by atoms with Gasteiger partial charge in [0.05, 0.1) is 5.92 Å². The number of nitrogens with one attached hydrogen (secondary N) is 1. The minimum absolute atomic E-state index is 0.130. The SMILES string of the molecule is Cc1cc(F)ccc1NC(=O)OC(=O)C1CC1. The van der Waals surface area contributed by atoms with Crippen LogP contribution in [-0.4, -0.2) is 12.1 Å². The first kappa shape index (κ1) is 11.6. The van der Waals surface area contributed by atoms with E-state index in [2.05, 4.69) is 10.1 Å². The number of halogens is 1. The van der Waals surface area contributed by atoms with Crippen LogP contribution in [0.4, 0.5) is 14.9 Å². The summed E-state index contributed by atoms with van der Waals surface area (Å²) in [6, 6.07) is 3.94. The Bertz CT molecular complexity index is 469. The van der Waals surface area contributed by atoms with Gasteiger partial charge in [0.1, 0.15) is 5.82 Å². The van der Waals surface area contributed by atoms with Crippen molar-refractivity contribution in [3.05, 3.63) is 29.6 Å². The predicted molar refractivity (Wildman–Crippen MR) is 59.0 cm³/mol. The van der Waals surface area contributed by atoms with Crippen molar-refractivity contribution in [3.8, 4) is 0 Å². The van der Waals surface area contributed by atoms with Gasteiger partial charge in [0.25, 0.3) is 0 Å². The molecule has 1 amide bonds. The van der Waals surface area contributed by atoms with E-state index in [0.29, 0.717) is 11.3 Å². The molecule has 1 saturated carbocycles. The molecule has 0 aliphatic heterocycles. The molecule has 4 nitrogen and oxygen atoms in total. The number of hydrogen-bond acceptors (Lipinski definition) is 3. The molecule has 0 atom stereocenters. The highest BCUT2D eigenvalue weighted by molar-refractivity contribution is 5.94. The lowest BCUT2D eigenvalue weighted by Gasteiger charge is -2.07. The second kappa shape index (κ2) is 4.53. The summed E-state index contributed by atoms with van der Waals surface area (Å²) in [7, 11) is 0. The Balaban J connectivity index is 1.95. The lowest BCUT2D eigenvalue weighted by Crippen LogP contribution is -2.19. The summed E-state index contributed by atoms with van der Waals surface area (Å²) < 4.78 is 17.4. The van der Waals surface area contributed by atoms with Gasteiger partial charge >= 0.3 is 12.1 Å². The summed E-state index contributed by atoms with van der Waals surface area (Å²) in [6.45, 7) is 1.65. The van der Waals surface area contributed by atoms with E-state index < -0.39 is 12.1 Å². The summed E-state index contributed by atoms with van der Waals surface area (Å²) in [6.07, 6.45) is 0.736. The molecule has 1 aliphatic rings. The van der Waals surface area contributed by atoms with Crippen LogP contribution in [0.2, 0.25) is 0 Å². The molecule has 5 heteroatoms. The van der Waals surface area contributed by atoms with Crippen LogP contribution in [0, 0.1) is 18.7 Å². The average Bonchev–Trinajstić information content (AvgIpc) is 3.05. The van der Waals surface area contributed by atoms with Crippen molar-refractivity contribution < 1.29 is 18.7 Å². The van der Waals surface area contributed by atoms with Crippen LogP contribution in [-0.2, 0) is 9.53 Å². The highest BCUT2D eigenvalue weighted by Gasteiger charge is 2.32. The third kappa shape index (κ3) is 3.03. The molecule has 0 aromatic heterocycles. The van der Waals surface area contributed by atoms with Crippen LogP contribution in [0.25, 0.3) is 0 Å². The van der Waals surface area contributed by atoms with Gasteiger partial charge in [-0.1, -0.05) is 0 Å². The van der Waals surface area contributed by atoms with Gasteiger partial charge in [-0.05, 0) is 43.5 Å². The number of benzene rings is 1. The number of amides is 1. The van der Waals surface area contributed by atoms with E-state index in [-0.39, 0.29) is 11.7 Å². The van der Waals surface area contributed by atoms with Crippen molar-refractivity contribution in [2.45, 2.75) is 19.8 Å². The number of ether oxygens (including phenoxy) is 1. The zero-order chi connectivity index (χ0) is 12.4. The van der Waals surface area contributed by atoms with Gasteiger partial charge in [0, 0.05) is 5.69 Å². The van der Waals surface area contributed by atoms with Crippen molar-refractivity contribution in [3.63, 3.8) is 0 Å². The van der Waals surface area contributed by atoms with E-state index in [9.17, 15) is 14.0 Å². The van der Waals surface area contributed by atoms with Crippen LogP contribution in [0.5, 0.6) is 0 Å². The van der Waals surface area contributed by atoms with E-state index in [4.69, 9.17) is 0 Å². The van der Waals surface area contributed by atoms with Crippen LogP contribution in [0.3, 0.4) is 0 Å². The predicted octanol–water partition coefficient (Wildman–Crippen LogP) is 2.62. The Morgan fingerprint density at radius 1 is 1.41 bits per heavy atom. The third-order valence-corrected chi connectivity index (χ3v) is 2.53. The largest absolute Gasteiger partial charge is 0.419 e. The molecular formula is C12H12FNO3. The first-order chi connectivity index (χ1) is 8.06. The first-order valence-electron chi connectivity index (χ1n) is 5.35. The second-order valence-electron chi connectivity index (χ2n) is 4.07. The van der Waals surface area contributed by atoms with Gasteiger partial charge in [-0.25, -0.2) is 9.18 Å². The molecule has 1 aromatic carbocycles. The molecular weight excluding hydrogens is 225 g/mol. The molecule has 0 bridgehead atoms. The molecule has 0 heterocycles. The van der Waals surface area contributed by atoms with Gasteiger partial charge in [-0.2, -0.15) is 0 Å². The average molecular weight is 237 g/mol. The van der Waals surface area contributed by atoms with E-state index in [1.807, 2.05) is 0 Å². The number of hydrogen-bond donors (Lipinski definition) is 1. The Morgan fingerprint density at radius 3 is 2.71 bits per heavy atom. The molecule has 0 unspecified atom stereocenters. The summed E-state index contributed by atoms with van der Waals surface area (Å²) >= 11 is 0. The second-order valence-corrected chi connectivity index (χ2v) is 4.07. The van der Waals surface area contributed by atoms with Crippen molar-refractivity contribution in [1.82, 2.24) is 0 Å². The summed E-state index contributed by atoms with van der Waals surface area (Å²) in [5.41, 5.74) is 1.00. The third-order valence-electron chi connectivity index (χ3n) is 2.53. The Hall–Kier alpha value is -1.91. The van der Waals surface area contributed by atoms with Crippen molar-refractivity contribution >= 4 is 17.7 Å². The zero-order valence-electron chi connectivity index (χ0n) is 9.33. The minimum atomic E-state index is -0.823. The number of carbonyl (C=O) groups is 2. The first-order valence-corrected chi connectivity index (χ1v) is 5.35. The van der Waals surface area contributed by atoms with Gasteiger partial charge in [0.15, 0.2) is 0 Å². The van der Waals surface area contributed by atoms with Crippen molar-refractivity contribution in [2.24, 2.45) is 5.92 Å². The number of anilines is 1. The van der Waals surface area contributed by atoms with Crippen molar-refractivity contribution in [2.75, 3.05) is 5.32 Å². The van der Waals surface area contributed by atoms with E-state index >= 15 is 0 Å². The number of carbonyl (C=O) groups excluding carboxylic acids is 2. The van der Waals surface area contributed by atoms with E-state index in [1.54, 1.807) is 6.92 Å². The highest BCUT2D eigenvalue weighted by atomic mass is 19.1. The summed E-state index contributed by atoms with van der Waals surface area (Å²) in [4.78, 5) is 22.5. The minimum Gasteiger partial charge on any atom is -0.376 e. The molecule has 0 spiro atoms. The van der Waals surface area contributed by atoms with E-state index in [0.717, 1.165) is 12.8 Å². The molecule has 1 aliphatic carbocycles. The molecule has 1 fully saturated rings. The van der Waals surface area contributed by atoms with Crippen LogP contribution < -0.4 is 5.32 Å². The molecule has 2 rings (SSSR count). The van der Waals surface area contributed by atoms with Gasteiger partial charge in [-0.15, -0.1) is 0 Å². The van der Waals surface area contributed by atoms with Crippen LogP contribution in [0.1, 0.15) is 18.4 Å². The lowest BCUT2D eigenvalue weighted by atomic mass is 10.2. The van der Waals surface area contributed by atoms with Gasteiger partial charge < -0.3 is 4.74 Å². The maximum absolute atomic E-state index is 12.8. The molecule has 1 N–H and O–H groups in total. The Kier molecular flexibility index (Phi) is 3.08. The fourth-order valence-corrected chi connectivity index (χ4v) is 1.40. The summed E-state index contributed by atoms with van der Waals surface area (Å²) in [5.74, 6) is -1.01. The standard InChI is InChI=1S/C12H12FNO3/c1-7-6-9(13)4-5-10(7)14-12(16)17-11(15)8-2-3-8/h4-6,8H,2-3H2,1H3,(H,14,16). The molecule has 17 heavy (non-hydrogen) atoms. The fraction of sp³-hybridized carbons (Fsp3) is 0.333. The van der Waals surface area contributed by atoms with Crippen LogP contribution >= 0.6 is 0 Å². The smallest absolute Gasteiger partial charge is 0.376 e. The molecule has 0 saturated heterocycles. The number of rotatable bonds is 2. The highest BCUT2D eigenvalue weighted by Crippen LogP contribution is 2.30. The van der Waals surface area contributed by atoms with Crippen molar-refractivity contribution in [1.29, 1.82) is 0 Å². The monoisotopic (exact) mass is 237 g/mol. The quantitative estimate of drug-likeness (QED) is 0.635. The maximum atomic E-state index is 12.8. The Morgan fingerprint density at radius 2 is 2.12 bits per heavy atom. The van der Waals surface area contributed by atoms with Gasteiger partial charge in [0.2, 0.25) is 0 Å². The molecule has 0 radical (unpaired) electrons. The van der Waals surface area contributed by atoms with Crippen LogP contribution in [0.15, 0.2) is 18.2 Å². The number of aryl methyl sites for hydroxylation is 1.